The first-order valence-electron chi connectivity index (χ1n) is 3.45. The molecule has 68 valence electrons. The molecule has 12 heavy (non-hydrogen) atoms. The molecule has 0 heterocycles. The van der Waals surface area contributed by atoms with E-state index in [1.807, 2.05) is 0 Å². The summed E-state index contributed by atoms with van der Waals surface area (Å²) in [6, 6.07) is -0.709. The fourth-order valence-electron chi connectivity index (χ4n) is 0.746. The smallest absolute Gasteiger partial charge is 0.305 e. The van der Waals surface area contributed by atoms with Crippen LogP contribution < -0.4 is 0 Å². The van der Waals surface area contributed by atoms with Crippen LogP contribution in [0.25, 0.3) is 0 Å². The average molecular weight is 173 g/mol. The molecule has 0 aliphatic rings. The van der Waals surface area contributed by atoms with Gasteiger partial charge in [0.05, 0.1) is 12.5 Å². The second kappa shape index (κ2) is 5.42. The van der Waals surface area contributed by atoms with Crippen LogP contribution in [0, 0.1) is 4.91 Å². The number of carboxylic acids is 1. The molecule has 2 N–H and O–H groups in total. The van der Waals surface area contributed by atoms with E-state index in [4.69, 9.17) is 10.2 Å². The van der Waals surface area contributed by atoms with Crippen molar-refractivity contribution in [3.8, 4) is 0 Å². The van der Waals surface area contributed by atoms with Gasteiger partial charge < -0.3 is 10.2 Å². The Labute approximate surface area is 69.7 Å². The predicted octanol–water partition coefficient (Wildman–Crippen LogP) is 0.533. The molecule has 0 aromatic carbocycles. The molecule has 0 rings (SSSR count). The van der Waals surface area contributed by atoms with Crippen LogP contribution in [0.3, 0.4) is 0 Å². The number of rotatable bonds is 6. The molecule has 0 saturated heterocycles. The van der Waals surface area contributed by atoms with Crippen LogP contribution in [0.1, 0.15) is 12.8 Å². The number of aliphatic hydroxyl groups is 1. The molecule has 0 spiro atoms. The van der Waals surface area contributed by atoms with Crippen LogP contribution in [0.5, 0.6) is 0 Å². The number of carboxylic acid groups (broad SMARTS) is 1. The van der Waals surface area contributed by atoms with Crippen molar-refractivity contribution < 1.29 is 15.0 Å². The van der Waals surface area contributed by atoms with Crippen molar-refractivity contribution >= 4 is 5.97 Å². The normalized spacial score (nSPS) is 14.8. The van der Waals surface area contributed by atoms with Gasteiger partial charge in [0.1, 0.15) is 6.04 Å². The van der Waals surface area contributed by atoms with Crippen LogP contribution in [0.2, 0.25) is 0 Å². The molecule has 0 bridgehead atoms. The molecular weight excluding hydrogens is 162 g/mol. The number of hydrogen-bond donors (Lipinski definition) is 2. The lowest BCUT2D eigenvalue weighted by Gasteiger charge is -2.08. The first kappa shape index (κ1) is 10.8. The van der Waals surface area contributed by atoms with Gasteiger partial charge in [-0.3, -0.25) is 4.79 Å². The standard InChI is InChI=1S/C7H11NO4/c1-2-5(8-12)3-6(9)4-7(10)11/h2,5-6,9H,1,3-4H2,(H,10,11)/t5-,6?/m1/s1. The quantitative estimate of drug-likeness (QED) is 0.453. The molecule has 1 unspecified atom stereocenters. The highest BCUT2D eigenvalue weighted by Crippen LogP contribution is 2.06. The van der Waals surface area contributed by atoms with E-state index in [1.165, 1.54) is 6.08 Å². The highest BCUT2D eigenvalue weighted by atomic mass is 16.4. The van der Waals surface area contributed by atoms with Crippen molar-refractivity contribution in [2.24, 2.45) is 5.18 Å². The van der Waals surface area contributed by atoms with Crippen molar-refractivity contribution in [3.63, 3.8) is 0 Å². The summed E-state index contributed by atoms with van der Waals surface area (Å²) in [6.45, 7) is 3.31. The van der Waals surface area contributed by atoms with Crippen LogP contribution in [0.15, 0.2) is 17.8 Å². The topological polar surface area (TPSA) is 87.0 Å². The SMILES string of the molecule is C=C[C@H](CC(O)CC(=O)O)N=O. The van der Waals surface area contributed by atoms with Crippen LogP contribution in [-0.2, 0) is 4.79 Å². The fourth-order valence-corrected chi connectivity index (χ4v) is 0.746. The maximum Gasteiger partial charge on any atom is 0.305 e. The summed E-state index contributed by atoms with van der Waals surface area (Å²) in [6.07, 6.45) is -0.125. The number of aliphatic hydroxyl groups excluding tert-OH is 1. The molecule has 0 saturated carbocycles. The minimum Gasteiger partial charge on any atom is -0.481 e. The number of nitrogens with zero attached hydrogens (tertiary/aromatic N) is 1. The molecule has 0 aromatic heterocycles. The minimum absolute atomic E-state index is 0.0132. The van der Waals surface area contributed by atoms with Crippen LogP contribution in [-0.4, -0.2) is 28.3 Å². The summed E-state index contributed by atoms with van der Waals surface area (Å²) in [7, 11) is 0. The van der Waals surface area contributed by atoms with Gasteiger partial charge in [-0.2, -0.15) is 4.91 Å². The monoisotopic (exact) mass is 173 g/mol. The van der Waals surface area contributed by atoms with Gasteiger partial charge >= 0.3 is 5.97 Å². The number of hydrogen-bond acceptors (Lipinski definition) is 4. The van der Waals surface area contributed by atoms with Crippen molar-refractivity contribution in [1.29, 1.82) is 0 Å². The zero-order chi connectivity index (χ0) is 9.56. The zero-order valence-corrected chi connectivity index (χ0v) is 6.51. The minimum atomic E-state index is -1.10. The van der Waals surface area contributed by atoms with Crippen molar-refractivity contribution in [1.82, 2.24) is 0 Å². The molecule has 0 aliphatic heterocycles. The van der Waals surface area contributed by atoms with Gasteiger partial charge in [0.2, 0.25) is 0 Å². The molecule has 0 amide bonds. The maximum absolute atomic E-state index is 10.1. The third-order valence-corrected chi connectivity index (χ3v) is 1.33. The average Bonchev–Trinajstić information content (AvgIpc) is 1.98. The highest BCUT2D eigenvalue weighted by molar-refractivity contribution is 5.67. The largest absolute Gasteiger partial charge is 0.481 e. The number of nitroso groups, excluding NO2 is 1. The lowest BCUT2D eigenvalue weighted by molar-refractivity contribution is -0.139. The molecule has 0 aliphatic carbocycles. The molecule has 2 atom stereocenters. The summed E-state index contributed by atoms with van der Waals surface area (Å²) in [5.74, 6) is -1.10. The van der Waals surface area contributed by atoms with Crippen LogP contribution in [0.4, 0.5) is 0 Å². The maximum atomic E-state index is 10.1. The zero-order valence-electron chi connectivity index (χ0n) is 6.51. The molecule has 0 radical (unpaired) electrons. The van der Waals surface area contributed by atoms with Gasteiger partial charge in [-0.05, 0) is 0 Å². The Hall–Kier alpha value is -1.23. The van der Waals surface area contributed by atoms with Gasteiger partial charge in [0.15, 0.2) is 0 Å². The van der Waals surface area contributed by atoms with E-state index >= 15 is 0 Å². The van der Waals surface area contributed by atoms with E-state index in [2.05, 4.69) is 11.8 Å². The predicted molar refractivity (Wildman–Crippen MR) is 42.7 cm³/mol. The van der Waals surface area contributed by atoms with Crippen molar-refractivity contribution in [2.45, 2.75) is 25.0 Å². The van der Waals surface area contributed by atoms with E-state index in [-0.39, 0.29) is 12.8 Å². The molecule has 5 nitrogen and oxygen atoms in total. The molecule has 0 fully saturated rings. The summed E-state index contributed by atoms with van der Waals surface area (Å²) in [4.78, 5) is 20.1. The van der Waals surface area contributed by atoms with Gasteiger partial charge in [0.25, 0.3) is 0 Å². The van der Waals surface area contributed by atoms with Gasteiger partial charge in [-0.25, -0.2) is 0 Å². The Morgan fingerprint density at radius 2 is 2.25 bits per heavy atom. The number of carbonyl (C=O) groups is 1. The summed E-state index contributed by atoms with van der Waals surface area (Å²) in [5, 5.41) is 19.9. The highest BCUT2D eigenvalue weighted by Gasteiger charge is 2.14. The van der Waals surface area contributed by atoms with Gasteiger partial charge in [0, 0.05) is 6.42 Å². The Morgan fingerprint density at radius 1 is 1.67 bits per heavy atom. The van der Waals surface area contributed by atoms with Crippen LogP contribution >= 0.6 is 0 Å². The van der Waals surface area contributed by atoms with Crippen molar-refractivity contribution in [2.75, 3.05) is 0 Å². The lowest BCUT2D eigenvalue weighted by atomic mass is 10.1. The molecule has 0 aromatic rings. The summed E-state index contributed by atoms with van der Waals surface area (Å²) < 4.78 is 0. The summed E-state index contributed by atoms with van der Waals surface area (Å²) in [5.41, 5.74) is 0. The molecule has 5 heteroatoms. The van der Waals surface area contributed by atoms with Crippen molar-refractivity contribution in [3.05, 3.63) is 17.6 Å². The van der Waals surface area contributed by atoms with Gasteiger partial charge in [-0.15, -0.1) is 6.58 Å². The van der Waals surface area contributed by atoms with E-state index < -0.39 is 18.1 Å². The molecular formula is C7H11NO4. The first-order chi connectivity index (χ1) is 5.60. The third kappa shape index (κ3) is 4.56. The van der Waals surface area contributed by atoms with Gasteiger partial charge in [-0.1, -0.05) is 11.3 Å². The summed E-state index contributed by atoms with van der Waals surface area (Å²) >= 11 is 0. The Balaban J connectivity index is 3.80. The Kier molecular flexibility index (Phi) is 4.87. The second-order valence-electron chi connectivity index (χ2n) is 2.40. The lowest BCUT2D eigenvalue weighted by Crippen LogP contribution is -2.18. The third-order valence-electron chi connectivity index (χ3n) is 1.33. The van der Waals surface area contributed by atoms with E-state index in [0.29, 0.717) is 0 Å². The van der Waals surface area contributed by atoms with E-state index in [0.717, 1.165) is 0 Å². The van der Waals surface area contributed by atoms with E-state index in [1.54, 1.807) is 0 Å². The Morgan fingerprint density at radius 3 is 2.58 bits per heavy atom. The number of aliphatic carboxylic acids is 1. The fraction of sp³-hybridized carbons (Fsp3) is 0.571. The van der Waals surface area contributed by atoms with E-state index in [9.17, 15) is 9.70 Å². The first-order valence-corrected chi connectivity index (χ1v) is 3.45. The second-order valence-corrected chi connectivity index (χ2v) is 2.40. The Bertz CT molecular complexity index is 172.